The monoisotopic (exact) mass is 189 g/mol. The van der Waals surface area contributed by atoms with Crippen molar-refractivity contribution in [3.8, 4) is 0 Å². The first-order chi connectivity index (χ1) is 6.61. The summed E-state index contributed by atoms with van der Waals surface area (Å²) in [7, 11) is 0. The number of hydrogen-bond donors (Lipinski definition) is 1. The molecule has 0 atom stereocenters. The second-order valence-corrected chi connectivity index (χ2v) is 2.88. The number of carboxylic acid groups (broad SMARTS) is 1. The van der Waals surface area contributed by atoms with Crippen LogP contribution >= 0.6 is 0 Å². The summed E-state index contributed by atoms with van der Waals surface area (Å²) in [4.78, 5) is 14.4. The van der Waals surface area contributed by atoms with E-state index in [1.807, 2.05) is 31.2 Å². The third-order valence-corrected chi connectivity index (χ3v) is 1.75. The number of benzene rings is 1. The highest BCUT2D eigenvalue weighted by Crippen LogP contribution is 2.16. The number of aryl methyl sites for hydroxylation is 1. The van der Waals surface area contributed by atoms with Gasteiger partial charge in [0.2, 0.25) is 0 Å². The van der Waals surface area contributed by atoms with Crippen molar-refractivity contribution in [3.05, 3.63) is 42.0 Å². The van der Waals surface area contributed by atoms with Crippen molar-refractivity contribution >= 4 is 17.9 Å². The van der Waals surface area contributed by atoms with Gasteiger partial charge in [-0.2, -0.15) is 0 Å². The zero-order valence-electron chi connectivity index (χ0n) is 7.90. The van der Waals surface area contributed by atoms with E-state index in [2.05, 4.69) is 11.6 Å². The maximum Gasteiger partial charge on any atom is 0.336 e. The SMILES string of the molecule is C=C(C=Nc1ccccc1C)C(=O)O. The molecule has 0 aliphatic rings. The van der Waals surface area contributed by atoms with Crippen molar-refractivity contribution in [2.75, 3.05) is 0 Å². The molecule has 0 spiro atoms. The first-order valence-electron chi connectivity index (χ1n) is 4.13. The van der Waals surface area contributed by atoms with Gasteiger partial charge >= 0.3 is 5.97 Å². The van der Waals surface area contributed by atoms with Gasteiger partial charge in [0.1, 0.15) is 0 Å². The first-order valence-corrected chi connectivity index (χ1v) is 4.13. The average Bonchev–Trinajstić information content (AvgIpc) is 2.16. The summed E-state index contributed by atoms with van der Waals surface area (Å²) in [6.07, 6.45) is 1.25. The Balaban J connectivity index is 2.84. The first kappa shape index (κ1) is 10.2. The lowest BCUT2D eigenvalue weighted by Gasteiger charge is -1.97. The Morgan fingerprint density at radius 1 is 1.50 bits per heavy atom. The molecule has 1 N–H and O–H groups in total. The van der Waals surface area contributed by atoms with Gasteiger partial charge in [-0.05, 0) is 18.6 Å². The molecule has 0 aliphatic heterocycles. The molecule has 0 amide bonds. The van der Waals surface area contributed by atoms with Gasteiger partial charge in [-0.15, -0.1) is 0 Å². The smallest absolute Gasteiger partial charge is 0.336 e. The van der Waals surface area contributed by atoms with Crippen LogP contribution in [0.1, 0.15) is 5.56 Å². The van der Waals surface area contributed by atoms with Crippen LogP contribution in [0.25, 0.3) is 0 Å². The molecule has 1 aromatic rings. The molecule has 0 unspecified atom stereocenters. The number of para-hydroxylation sites is 1. The Labute approximate surface area is 82.4 Å². The lowest BCUT2D eigenvalue weighted by molar-refractivity contribution is -0.131. The second kappa shape index (κ2) is 4.37. The third kappa shape index (κ3) is 2.55. The highest BCUT2D eigenvalue weighted by molar-refractivity contribution is 6.08. The Morgan fingerprint density at radius 3 is 2.71 bits per heavy atom. The van der Waals surface area contributed by atoms with Crippen LogP contribution in [0, 0.1) is 6.92 Å². The zero-order chi connectivity index (χ0) is 10.6. The molecule has 0 bridgehead atoms. The fourth-order valence-electron chi connectivity index (χ4n) is 0.911. The summed E-state index contributed by atoms with van der Waals surface area (Å²) in [5.41, 5.74) is 1.74. The highest BCUT2D eigenvalue weighted by atomic mass is 16.4. The Hall–Kier alpha value is -1.90. The molecular formula is C11H11NO2. The van der Waals surface area contributed by atoms with Crippen LogP contribution in [0.15, 0.2) is 41.4 Å². The molecule has 0 aromatic heterocycles. The standard InChI is InChI=1S/C11H11NO2/c1-8-5-3-4-6-10(8)12-7-9(2)11(13)14/h3-7H,2H2,1H3,(H,13,14). The molecule has 1 aromatic carbocycles. The molecule has 0 aliphatic carbocycles. The van der Waals surface area contributed by atoms with Gasteiger partial charge in [-0.1, -0.05) is 24.8 Å². The van der Waals surface area contributed by atoms with Crippen LogP contribution in [0.3, 0.4) is 0 Å². The quantitative estimate of drug-likeness (QED) is 0.586. The molecule has 1 rings (SSSR count). The van der Waals surface area contributed by atoms with Crippen molar-refractivity contribution in [1.82, 2.24) is 0 Å². The molecule has 0 saturated carbocycles. The molecular weight excluding hydrogens is 178 g/mol. The van der Waals surface area contributed by atoms with Gasteiger partial charge < -0.3 is 5.11 Å². The molecule has 3 nitrogen and oxygen atoms in total. The van der Waals surface area contributed by atoms with Gasteiger partial charge in [0.15, 0.2) is 0 Å². The average molecular weight is 189 g/mol. The minimum atomic E-state index is -1.05. The Kier molecular flexibility index (Phi) is 3.18. The van der Waals surface area contributed by atoms with Crippen LogP contribution in [-0.2, 0) is 4.79 Å². The van der Waals surface area contributed by atoms with Crippen LogP contribution in [0.2, 0.25) is 0 Å². The van der Waals surface area contributed by atoms with Gasteiger partial charge in [0, 0.05) is 6.21 Å². The van der Waals surface area contributed by atoms with Crippen molar-refractivity contribution in [2.24, 2.45) is 4.99 Å². The van der Waals surface area contributed by atoms with Gasteiger partial charge in [-0.3, -0.25) is 4.99 Å². The Morgan fingerprint density at radius 2 is 2.14 bits per heavy atom. The van der Waals surface area contributed by atoms with Gasteiger partial charge in [0.05, 0.1) is 11.3 Å². The number of aliphatic imine (C=N–C) groups is 1. The number of nitrogens with zero attached hydrogens (tertiary/aromatic N) is 1. The summed E-state index contributed by atoms with van der Waals surface area (Å²) < 4.78 is 0. The summed E-state index contributed by atoms with van der Waals surface area (Å²) in [5, 5.41) is 8.54. The van der Waals surface area contributed by atoms with E-state index in [-0.39, 0.29) is 5.57 Å². The minimum absolute atomic E-state index is 0.0201. The van der Waals surface area contributed by atoms with Crippen molar-refractivity contribution in [2.45, 2.75) is 6.92 Å². The number of carbonyl (C=O) groups is 1. The molecule has 14 heavy (non-hydrogen) atoms. The van der Waals surface area contributed by atoms with Crippen molar-refractivity contribution in [1.29, 1.82) is 0 Å². The summed E-state index contributed by atoms with van der Waals surface area (Å²) in [5.74, 6) is -1.05. The molecule has 3 heteroatoms. The summed E-state index contributed by atoms with van der Waals surface area (Å²) >= 11 is 0. The topological polar surface area (TPSA) is 49.7 Å². The van der Waals surface area contributed by atoms with Gasteiger partial charge in [-0.25, -0.2) is 4.79 Å². The molecule has 0 fully saturated rings. The van der Waals surface area contributed by atoms with Crippen LogP contribution in [0.4, 0.5) is 5.69 Å². The van der Waals surface area contributed by atoms with Crippen LogP contribution in [0.5, 0.6) is 0 Å². The lowest BCUT2D eigenvalue weighted by atomic mass is 10.2. The lowest BCUT2D eigenvalue weighted by Crippen LogP contribution is -1.99. The Bertz CT molecular complexity index is 394. The van der Waals surface area contributed by atoms with E-state index in [0.29, 0.717) is 0 Å². The fraction of sp³-hybridized carbons (Fsp3) is 0.0909. The fourth-order valence-corrected chi connectivity index (χ4v) is 0.911. The molecule has 72 valence electrons. The van der Waals surface area contributed by atoms with E-state index in [0.717, 1.165) is 11.3 Å². The van der Waals surface area contributed by atoms with E-state index in [4.69, 9.17) is 5.11 Å². The molecule has 0 radical (unpaired) electrons. The van der Waals surface area contributed by atoms with E-state index in [9.17, 15) is 4.79 Å². The maximum atomic E-state index is 10.4. The van der Waals surface area contributed by atoms with E-state index < -0.39 is 5.97 Å². The number of hydrogen-bond acceptors (Lipinski definition) is 2. The normalized spacial score (nSPS) is 10.4. The van der Waals surface area contributed by atoms with Gasteiger partial charge in [0.25, 0.3) is 0 Å². The van der Waals surface area contributed by atoms with Crippen LogP contribution < -0.4 is 0 Å². The summed E-state index contributed by atoms with van der Waals surface area (Å²) in [6, 6.07) is 7.49. The second-order valence-electron chi connectivity index (χ2n) is 2.88. The largest absolute Gasteiger partial charge is 0.478 e. The predicted octanol–water partition coefficient (Wildman–Crippen LogP) is 2.34. The number of carboxylic acids is 1. The maximum absolute atomic E-state index is 10.4. The molecule has 0 heterocycles. The third-order valence-electron chi connectivity index (χ3n) is 1.75. The van der Waals surface area contributed by atoms with Crippen LogP contribution in [-0.4, -0.2) is 17.3 Å². The van der Waals surface area contributed by atoms with Crippen molar-refractivity contribution < 1.29 is 9.90 Å². The highest BCUT2D eigenvalue weighted by Gasteiger charge is 1.99. The number of rotatable bonds is 3. The molecule has 0 saturated heterocycles. The van der Waals surface area contributed by atoms with E-state index in [1.165, 1.54) is 6.21 Å². The van der Waals surface area contributed by atoms with Crippen molar-refractivity contribution in [3.63, 3.8) is 0 Å². The number of aliphatic carboxylic acids is 1. The zero-order valence-corrected chi connectivity index (χ0v) is 7.90. The van der Waals surface area contributed by atoms with E-state index in [1.54, 1.807) is 0 Å². The summed E-state index contributed by atoms with van der Waals surface area (Å²) in [6.45, 7) is 5.26. The minimum Gasteiger partial charge on any atom is -0.478 e. The van der Waals surface area contributed by atoms with E-state index >= 15 is 0 Å². The predicted molar refractivity (Wildman–Crippen MR) is 56.1 cm³/mol.